The molecule has 0 fully saturated rings. The highest BCUT2D eigenvalue weighted by molar-refractivity contribution is 5.68. The molecule has 0 saturated heterocycles. The van der Waals surface area contributed by atoms with E-state index < -0.39 is 5.97 Å². The van der Waals surface area contributed by atoms with Crippen molar-refractivity contribution in [2.75, 3.05) is 0 Å². The minimum Gasteiger partial charge on any atom is -0.481 e. The first-order chi connectivity index (χ1) is 9.27. The Morgan fingerprint density at radius 1 is 0.789 bits per heavy atom. The molecule has 0 amide bonds. The lowest BCUT2D eigenvalue weighted by Crippen LogP contribution is -1.89. The molecule has 0 aromatic rings. The lowest BCUT2D eigenvalue weighted by atomic mass is 10.1. The van der Waals surface area contributed by atoms with Gasteiger partial charge in [-0.2, -0.15) is 0 Å². The van der Waals surface area contributed by atoms with Crippen LogP contribution in [-0.2, 0) is 4.79 Å². The van der Waals surface area contributed by atoms with Crippen molar-refractivity contribution >= 4 is 5.97 Å². The van der Waals surface area contributed by atoms with Gasteiger partial charge in [0.1, 0.15) is 0 Å². The van der Waals surface area contributed by atoms with E-state index in [-0.39, 0.29) is 6.42 Å². The Labute approximate surface area is 118 Å². The summed E-state index contributed by atoms with van der Waals surface area (Å²) in [5, 5.41) is 8.44. The molecule has 0 aromatic heterocycles. The van der Waals surface area contributed by atoms with Crippen molar-refractivity contribution < 1.29 is 9.90 Å². The Hall–Kier alpha value is -1.05. The van der Waals surface area contributed by atoms with Gasteiger partial charge in [-0.25, -0.2) is 0 Å². The van der Waals surface area contributed by atoms with Crippen molar-refractivity contribution in [2.24, 2.45) is 0 Å². The Morgan fingerprint density at radius 3 is 1.79 bits per heavy atom. The van der Waals surface area contributed by atoms with Gasteiger partial charge in [-0.15, -0.1) is 0 Å². The first kappa shape index (κ1) is 17.9. The summed E-state index contributed by atoms with van der Waals surface area (Å²) in [7, 11) is 0. The molecular formula is C17H30O2. The van der Waals surface area contributed by atoms with Gasteiger partial charge in [0.25, 0.3) is 0 Å². The standard InChI is InChI=1S/C17H30O2/c1-2-3-4-5-6-7-8-9-10-11-12-13-14-15-16-17(18)19/h8-9,14-15H,2-7,10-13,16H2,1H3,(H,18,19)/b9-8-,15-14+. The van der Waals surface area contributed by atoms with Crippen molar-refractivity contribution in [2.45, 2.75) is 77.6 Å². The first-order valence-corrected chi connectivity index (χ1v) is 7.79. The van der Waals surface area contributed by atoms with Crippen LogP contribution < -0.4 is 0 Å². The molecule has 0 rings (SSSR count). The van der Waals surface area contributed by atoms with Crippen molar-refractivity contribution in [1.82, 2.24) is 0 Å². The number of rotatable bonds is 13. The van der Waals surface area contributed by atoms with Gasteiger partial charge in [-0.05, 0) is 38.5 Å². The van der Waals surface area contributed by atoms with Crippen LogP contribution in [-0.4, -0.2) is 11.1 Å². The predicted molar refractivity (Wildman–Crippen MR) is 82.4 cm³/mol. The number of carboxylic acids is 1. The molecule has 0 bridgehead atoms. The van der Waals surface area contributed by atoms with Crippen LogP contribution in [0.1, 0.15) is 77.6 Å². The number of allylic oxidation sites excluding steroid dienone is 3. The average Bonchev–Trinajstić information content (AvgIpc) is 2.39. The monoisotopic (exact) mass is 266 g/mol. The zero-order valence-corrected chi connectivity index (χ0v) is 12.4. The Kier molecular flexibility index (Phi) is 14.2. The highest BCUT2D eigenvalue weighted by Crippen LogP contribution is 2.07. The quantitative estimate of drug-likeness (QED) is 0.353. The molecule has 0 radical (unpaired) electrons. The van der Waals surface area contributed by atoms with Crippen molar-refractivity contribution in [1.29, 1.82) is 0 Å². The van der Waals surface area contributed by atoms with Gasteiger partial charge < -0.3 is 5.11 Å². The number of hydrogen-bond donors (Lipinski definition) is 1. The zero-order chi connectivity index (χ0) is 14.2. The highest BCUT2D eigenvalue weighted by atomic mass is 16.4. The van der Waals surface area contributed by atoms with Crippen LogP contribution in [0.4, 0.5) is 0 Å². The third-order valence-corrected chi connectivity index (χ3v) is 3.09. The molecular weight excluding hydrogens is 236 g/mol. The molecule has 19 heavy (non-hydrogen) atoms. The second-order valence-electron chi connectivity index (χ2n) is 5.03. The maximum absolute atomic E-state index is 10.3. The summed E-state index contributed by atoms with van der Waals surface area (Å²) in [6.07, 6.45) is 21.0. The van der Waals surface area contributed by atoms with Crippen molar-refractivity contribution in [3.63, 3.8) is 0 Å². The largest absolute Gasteiger partial charge is 0.481 e. The summed E-state index contributed by atoms with van der Waals surface area (Å²) in [6, 6.07) is 0. The van der Waals surface area contributed by atoms with Crippen LogP contribution in [0.25, 0.3) is 0 Å². The molecule has 0 aliphatic rings. The van der Waals surface area contributed by atoms with E-state index in [1.165, 1.54) is 44.9 Å². The van der Waals surface area contributed by atoms with Gasteiger partial charge in [0, 0.05) is 0 Å². The van der Waals surface area contributed by atoms with Gasteiger partial charge in [-0.1, -0.05) is 56.9 Å². The molecule has 0 aromatic carbocycles. The highest BCUT2D eigenvalue weighted by Gasteiger charge is 1.89. The molecule has 0 saturated carbocycles. The van der Waals surface area contributed by atoms with Crippen molar-refractivity contribution in [3.05, 3.63) is 24.3 Å². The maximum Gasteiger partial charge on any atom is 0.307 e. The number of unbranched alkanes of at least 4 members (excludes halogenated alkanes) is 8. The lowest BCUT2D eigenvalue weighted by molar-refractivity contribution is -0.136. The third kappa shape index (κ3) is 16.9. The van der Waals surface area contributed by atoms with E-state index >= 15 is 0 Å². The van der Waals surface area contributed by atoms with E-state index in [4.69, 9.17) is 5.11 Å². The fraction of sp³-hybridized carbons (Fsp3) is 0.706. The SMILES string of the molecule is CCCCCCC/C=C\CCCC/C=C/CC(=O)O. The summed E-state index contributed by atoms with van der Waals surface area (Å²) in [5.74, 6) is -0.752. The first-order valence-electron chi connectivity index (χ1n) is 7.79. The summed E-state index contributed by atoms with van der Waals surface area (Å²) in [6.45, 7) is 2.25. The van der Waals surface area contributed by atoms with E-state index in [9.17, 15) is 4.79 Å². The predicted octanol–water partition coefficient (Wildman–Crippen LogP) is 5.49. The minimum atomic E-state index is -0.752. The van der Waals surface area contributed by atoms with Gasteiger partial charge in [0.15, 0.2) is 0 Å². The van der Waals surface area contributed by atoms with Crippen LogP contribution in [0, 0.1) is 0 Å². The summed E-state index contributed by atoms with van der Waals surface area (Å²) >= 11 is 0. The fourth-order valence-electron chi connectivity index (χ4n) is 1.93. The minimum absolute atomic E-state index is 0.151. The smallest absolute Gasteiger partial charge is 0.307 e. The molecule has 0 aliphatic carbocycles. The Balaban J connectivity index is 3.16. The second-order valence-corrected chi connectivity index (χ2v) is 5.03. The molecule has 0 atom stereocenters. The molecule has 0 heterocycles. The normalized spacial score (nSPS) is 11.6. The second kappa shape index (κ2) is 15.0. The molecule has 1 N–H and O–H groups in total. The lowest BCUT2D eigenvalue weighted by Gasteiger charge is -1.96. The van der Waals surface area contributed by atoms with Crippen LogP contribution in [0.3, 0.4) is 0 Å². The third-order valence-electron chi connectivity index (χ3n) is 3.09. The van der Waals surface area contributed by atoms with E-state index in [1.54, 1.807) is 6.08 Å². The van der Waals surface area contributed by atoms with E-state index in [2.05, 4.69) is 19.1 Å². The van der Waals surface area contributed by atoms with Gasteiger partial charge >= 0.3 is 5.97 Å². The molecule has 0 spiro atoms. The van der Waals surface area contributed by atoms with E-state index in [1.807, 2.05) is 6.08 Å². The van der Waals surface area contributed by atoms with Crippen LogP contribution in [0.2, 0.25) is 0 Å². The Bertz CT molecular complexity index is 254. The fourth-order valence-corrected chi connectivity index (χ4v) is 1.93. The number of carboxylic acid groups (broad SMARTS) is 1. The summed E-state index contributed by atoms with van der Waals surface area (Å²) in [5.41, 5.74) is 0. The topological polar surface area (TPSA) is 37.3 Å². The molecule has 0 unspecified atom stereocenters. The number of carbonyl (C=O) groups is 1. The van der Waals surface area contributed by atoms with Crippen LogP contribution >= 0.6 is 0 Å². The molecule has 2 nitrogen and oxygen atoms in total. The summed E-state index contributed by atoms with van der Waals surface area (Å²) in [4.78, 5) is 10.3. The van der Waals surface area contributed by atoms with E-state index in [0.717, 1.165) is 19.3 Å². The van der Waals surface area contributed by atoms with Gasteiger partial charge in [-0.3, -0.25) is 4.79 Å². The van der Waals surface area contributed by atoms with Gasteiger partial charge in [0.2, 0.25) is 0 Å². The maximum atomic E-state index is 10.3. The average molecular weight is 266 g/mol. The molecule has 0 aliphatic heterocycles. The molecule has 110 valence electrons. The van der Waals surface area contributed by atoms with E-state index in [0.29, 0.717) is 0 Å². The van der Waals surface area contributed by atoms with Crippen molar-refractivity contribution in [3.8, 4) is 0 Å². The van der Waals surface area contributed by atoms with Gasteiger partial charge in [0.05, 0.1) is 6.42 Å². The van der Waals surface area contributed by atoms with Crippen LogP contribution in [0.15, 0.2) is 24.3 Å². The molecule has 2 heteroatoms. The zero-order valence-electron chi connectivity index (χ0n) is 12.4. The number of aliphatic carboxylic acids is 1. The van der Waals surface area contributed by atoms with Crippen LogP contribution in [0.5, 0.6) is 0 Å². The Morgan fingerprint density at radius 2 is 1.26 bits per heavy atom. The summed E-state index contributed by atoms with van der Waals surface area (Å²) < 4.78 is 0. The number of hydrogen-bond acceptors (Lipinski definition) is 1.